The van der Waals surface area contributed by atoms with Gasteiger partial charge in [-0.3, -0.25) is 14.3 Å². The average molecular weight is 346 g/mol. The summed E-state index contributed by atoms with van der Waals surface area (Å²) in [7, 11) is 0. The molecule has 2 aromatic rings. The first-order chi connectivity index (χ1) is 11.5. The van der Waals surface area contributed by atoms with E-state index < -0.39 is 5.91 Å². The highest BCUT2D eigenvalue weighted by molar-refractivity contribution is 7.15. The number of nitrogens with zero attached hydrogens (tertiary/aromatic N) is 2. The molecule has 3 rings (SSSR count). The third kappa shape index (κ3) is 3.67. The van der Waals surface area contributed by atoms with Crippen LogP contribution in [0.2, 0.25) is 0 Å². The molecule has 1 aliphatic carbocycles. The van der Waals surface area contributed by atoms with Crippen molar-refractivity contribution in [1.82, 2.24) is 9.78 Å². The third-order valence-electron chi connectivity index (χ3n) is 4.43. The maximum atomic E-state index is 12.2. The Morgan fingerprint density at radius 3 is 2.75 bits per heavy atom. The SMILES string of the molecule is Cc1cnn(CC(=O)Nc2scc(C3CCCCC3)c2C(N)=O)c1. The van der Waals surface area contributed by atoms with E-state index in [-0.39, 0.29) is 12.5 Å². The molecule has 0 radical (unpaired) electrons. The van der Waals surface area contributed by atoms with Crippen LogP contribution in [0.5, 0.6) is 0 Å². The van der Waals surface area contributed by atoms with Crippen LogP contribution >= 0.6 is 11.3 Å². The minimum atomic E-state index is -0.470. The molecular weight excluding hydrogens is 324 g/mol. The zero-order chi connectivity index (χ0) is 17.1. The standard InChI is InChI=1S/C17H22N4O2S/c1-11-7-19-21(8-11)9-14(22)20-17-15(16(18)23)13(10-24-17)12-5-3-2-4-6-12/h7-8,10,12H,2-6,9H2,1H3,(H2,18,23)(H,20,22). The van der Waals surface area contributed by atoms with Crippen molar-refractivity contribution in [2.45, 2.75) is 51.5 Å². The van der Waals surface area contributed by atoms with Crippen LogP contribution in [0.1, 0.15) is 59.5 Å². The average Bonchev–Trinajstić information content (AvgIpc) is 3.14. The quantitative estimate of drug-likeness (QED) is 0.872. The van der Waals surface area contributed by atoms with Gasteiger partial charge in [0.1, 0.15) is 11.5 Å². The Hall–Kier alpha value is -2.15. The Kier molecular flexibility index (Phi) is 4.99. The van der Waals surface area contributed by atoms with Crippen molar-refractivity contribution in [3.05, 3.63) is 34.5 Å². The van der Waals surface area contributed by atoms with Crippen LogP contribution in [0.15, 0.2) is 17.8 Å². The van der Waals surface area contributed by atoms with E-state index in [0.29, 0.717) is 16.5 Å². The highest BCUT2D eigenvalue weighted by Crippen LogP contribution is 2.39. The molecule has 24 heavy (non-hydrogen) atoms. The molecule has 7 heteroatoms. The zero-order valence-electron chi connectivity index (χ0n) is 13.7. The van der Waals surface area contributed by atoms with E-state index in [1.54, 1.807) is 17.1 Å². The molecule has 0 aromatic carbocycles. The third-order valence-corrected chi connectivity index (χ3v) is 5.35. The summed E-state index contributed by atoms with van der Waals surface area (Å²) in [6.07, 6.45) is 9.27. The zero-order valence-corrected chi connectivity index (χ0v) is 14.6. The number of amides is 2. The fraction of sp³-hybridized carbons (Fsp3) is 0.471. The summed E-state index contributed by atoms with van der Waals surface area (Å²) in [5, 5.41) is 9.46. The minimum Gasteiger partial charge on any atom is -0.365 e. The molecule has 1 saturated carbocycles. The maximum absolute atomic E-state index is 12.2. The van der Waals surface area contributed by atoms with Crippen molar-refractivity contribution in [2.75, 3.05) is 5.32 Å². The van der Waals surface area contributed by atoms with Crippen LogP contribution in [0.25, 0.3) is 0 Å². The van der Waals surface area contributed by atoms with Crippen molar-refractivity contribution in [1.29, 1.82) is 0 Å². The number of hydrogen-bond acceptors (Lipinski definition) is 4. The lowest BCUT2D eigenvalue weighted by Crippen LogP contribution is -2.22. The summed E-state index contributed by atoms with van der Waals surface area (Å²) >= 11 is 1.38. The Labute approximate surface area is 145 Å². The number of carbonyl (C=O) groups excluding carboxylic acids is 2. The van der Waals surface area contributed by atoms with Crippen molar-refractivity contribution in [2.24, 2.45) is 5.73 Å². The highest BCUT2D eigenvalue weighted by Gasteiger charge is 2.25. The highest BCUT2D eigenvalue weighted by atomic mass is 32.1. The van der Waals surface area contributed by atoms with Gasteiger partial charge in [0.05, 0.1) is 11.8 Å². The molecule has 2 aromatic heterocycles. The van der Waals surface area contributed by atoms with E-state index in [0.717, 1.165) is 24.0 Å². The number of nitrogens with two attached hydrogens (primary N) is 1. The smallest absolute Gasteiger partial charge is 0.251 e. The second kappa shape index (κ2) is 7.17. The van der Waals surface area contributed by atoms with Gasteiger partial charge in [0.2, 0.25) is 5.91 Å². The Morgan fingerprint density at radius 1 is 1.38 bits per heavy atom. The lowest BCUT2D eigenvalue weighted by atomic mass is 9.83. The maximum Gasteiger partial charge on any atom is 0.251 e. The molecule has 0 atom stereocenters. The molecule has 1 fully saturated rings. The fourth-order valence-electron chi connectivity index (χ4n) is 3.30. The van der Waals surface area contributed by atoms with Crippen LogP contribution in [0.3, 0.4) is 0 Å². The van der Waals surface area contributed by atoms with E-state index in [4.69, 9.17) is 5.73 Å². The van der Waals surface area contributed by atoms with Crippen molar-refractivity contribution in [3.8, 4) is 0 Å². The number of primary amides is 1. The summed E-state index contributed by atoms with van der Waals surface area (Å²) in [6, 6.07) is 0. The topological polar surface area (TPSA) is 90.0 Å². The first-order valence-electron chi connectivity index (χ1n) is 8.24. The second-order valence-electron chi connectivity index (χ2n) is 6.36. The molecule has 2 heterocycles. The van der Waals surface area contributed by atoms with Gasteiger partial charge in [0.15, 0.2) is 0 Å². The van der Waals surface area contributed by atoms with Gasteiger partial charge in [-0.1, -0.05) is 19.3 Å². The monoisotopic (exact) mass is 346 g/mol. The summed E-state index contributed by atoms with van der Waals surface area (Å²) < 4.78 is 1.57. The number of carbonyl (C=O) groups is 2. The number of hydrogen-bond donors (Lipinski definition) is 2. The van der Waals surface area contributed by atoms with Crippen LogP contribution in [-0.2, 0) is 11.3 Å². The van der Waals surface area contributed by atoms with Gasteiger partial charge < -0.3 is 11.1 Å². The number of thiophene rings is 1. The molecule has 0 bridgehead atoms. The molecule has 0 unspecified atom stereocenters. The van der Waals surface area contributed by atoms with Gasteiger partial charge in [-0.2, -0.15) is 5.10 Å². The van der Waals surface area contributed by atoms with Gasteiger partial charge in [-0.15, -0.1) is 11.3 Å². The molecule has 3 N–H and O–H groups in total. The predicted molar refractivity (Wildman–Crippen MR) is 94.3 cm³/mol. The molecule has 0 spiro atoms. The minimum absolute atomic E-state index is 0.114. The number of aryl methyl sites for hydroxylation is 1. The molecule has 1 aliphatic rings. The van der Waals surface area contributed by atoms with Crippen molar-refractivity contribution in [3.63, 3.8) is 0 Å². The molecule has 6 nitrogen and oxygen atoms in total. The Morgan fingerprint density at radius 2 is 2.12 bits per heavy atom. The number of rotatable bonds is 5. The summed E-state index contributed by atoms with van der Waals surface area (Å²) in [5.41, 5.74) is 8.07. The first-order valence-corrected chi connectivity index (χ1v) is 9.12. The van der Waals surface area contributed by atoms with Gasteiger partial charge in [0, 0.05) is 6.20 Å². The number of aromatic nitrogens is 2. The summed E-state index contributed by atoms with van der Waals surface area (Å²) in [4.78, 5) is 24.2. The summed E-state index contributed by atoms with van der Waals surface area (Å²) in [5.74, 6) is -0.309. The first kappa shape index (κ1) is 16.7. The lowest BCUT2D eigenvalue weighted by molar-refractivity contribution is -0.116. The molecule has 0 saturated heterocycles. The van der Waals surface area contributed by atoms with E-state index >= 15 is 0 Å². The largest absolute Gasteiger partial charge is 0.365 e. The van der Waals surface area contributed by atoms with E-state index in [9.17, 15) is 9.59 Å². The number of anilines is 1. The van der Waals surface area contributed by atoms with Crippen molar-refractivity contribution >= 4 is 28.2 Å². The normalized spacial score (nSPS) is 15.4. The van der Waals surface area contributed by atoms with Crippen LogP contribution in [0.4, 0.5) is 5.00 Å². The van der Waals surface area contributed by atoms with Crippen molar-refractivity contribution < 1.29 is 9.59 Å². The van der Waals surface area contributed by atoms with Gasteiger partial charge in [0.25, 0.3) is 5.91 Å². The Balaban J connectivity index is 1.76. The van der Waals surface area contributed by atoms with Gasteiger partial charge in [-0.25, -0.2) is 0 Å². The lowest BCUT2D eigenvalue weighted by Gasteiger charge is -2.21. The number of nitrogens with one attached hydrogen (secondary N) is 1. The Bertz CT molecular complexity index is 744. The molecular formula is C17H22N4O2S. The van der Waals surface area contributed by atoms with Gasteiger partial charge >= 0.3 is 0 Å². The van der Waals surface area contributed by atoms with E-state index in [1.807, 2.05) is 12.3 Å². The predicted octanol–water partition coefficient (Wildman–Crippen LogP) is 3.04. The molecule has 0 aliphatic heterocycles. The second-order valence-corrected chi connectivity index (χ2v) is 7.24. The summed E-state index contributed by atoms with van der Waals surface area (Å²) in [6.45, 7) is 2.03. The van der Waals surface area contributed by atoms with Crippen LogP contribution < -0.4 is 11.1 Å². The molecule has 128 valence electrons. The molecule has 2 amide bonds. The van der Waals surface area contributed by atoms with E-state index in [2.05, 4.69) is 10.4 Å². The van der Waals surface area contributed by atoms with Crippen LogP contribution in [0, 0.1) is 6.92 Å². The van der Waals surface area contributed by atoms with E-state index in [1.165, 1.54) is 30.6 Å². The fourth-order valence-corrected chi connectivity index (χ4v) is 4.36. The van der Waals surface area contributed by atoms with Gasteiger partial charge in [-0.05, 0) is 42.2 Å². The van der Waals surface area contributed by atoms with Crippen LogP contribution in [-0.4, -0.2) is 21.6 Å².